The highest BCUT2D eigenvalue weighted by atomic mass is 19.3. The SMILES string of the molecule is C/C(O)=C(\C#N)C(=O)Nc1cccc(OC(F)(F)C(F)F)c1. The minimum atomic E-state index is -4.68. The first kappa shape index (κ1) is 17.3. The third kappa shape index (κ3) is 4.37. The van der Waals surface area contributed by atoms with E-state index in [1.807, 2.05) is 0 Å². The molecule has 1 aromatic carbocycles. The Morgan fingerprint density at radius 3 is 2.59 bits per heavy atom. The number of hydrogen-bond acceptors (Lipinski definition) is 4. The molecule has 0 spiro atoms. The highest BCUT2D eigenvalue weighted by molar-refractivity contribution is 6.06. The summed E-state index contributed by atoms with van der Waals surface area (Å²) in [4.78, 5) is 11.6. The van der Waals surface area contributed by atoms with Gasteiger partial charge < -0.3 is 15.2 Å². The second-order valence-corrected chi connectivity index (χ2v) is 4.02. The van der Waals surface area contributed by atoms with E-state index in [2.05, 4.69) is 10.1 Å². The number of allylic oxidation sites excluding steroid dienone is 1. The van der Waals surface area contributed by atoms with Crippen molar-refractivity contribution in [2.24, 2.45) is 0 Å². The first-order chi connectivity index (χ1) is 10.2. The maximum Gasteiger partial charge on any atom is 0.461 e. The van der Waals surface area contributed by atoms with E-state index >= 15 is 0 Å². The van der Waals surface area contributed by atoms with Crippen LogP contribution in [0.4, 0.5) is 23.2 Å². The van der Waals surface area contributed by atoms with Gasteiger partial charge in [-0.05, 0) is 19.1 Å². The molecule has 5 nitrogen and oxygen atoms in total. The molecule has 118 valence electrons. The van der Waals surface area contributed by atoms with E-state index in [0.717, 1.165) is 19.1 Å². The zero-order valence-electron chi connectivity index (χ0n) is 11.1. The van der Waals surface area contributed by atoms with Crippen LogP contribution in [0.1, 0.15) is 6.92 Å². The van der Waals surface area contributed by atoms with E-state index in [9.17, 15) is 22.4 Å². The van der Waals surface area contributed by atoms with Crippen LogP contribution < -0.4 is 10.1 Å². The summed E-state index contributed by atoms with van der Waals surface area (Å²) in [5.74, 6) is -2.12. The maximum atomic E-state index is 12.8. The fourth-order valence-electron chi connectivity index (χ4n) is 1.33. The predicted octanol–water partition coefficient (Wildman–Crippen LogP) is 3.22. The van der Waals surface area contributed by atoms with Crippen molar-refractivity contribution in [3.05, 3.63) is 35.6 Å². The predicted molar refractivity (Wildman–Crippen MR) is 67.6 cm³/mol. The summed E-state index contributed by atoms with van der Waals surface area (Å²) in [5, 5.41) is 19.9. The van der Waals surface area contributed by atoms with Crippen molar-refractivity contribution in [2.45, 2.75) is 19.5 Å². The Morgan fingerprint density at radius 2 is 2.09 bits per heavy atom. The highest BCUT2D eigenvalue weighted by Crippen LogP contribution is 2.28. The number of carbonyl (C=O) groups is 1. The molecule has 0 aliphatic rings. The number of ether oxygens (including phenoxy) is 1. The molecule has 0 aliphatic carbocycles. The van der Waals surface area contributed by atoms with Gasteiger partial charge in [0.25, 0.3) is 5.91 Å². The van der Waals surface area contributed by atoms with Crippen LogP contribution in [0.2, 0.25) is 0 Å². The fourth-order valence-corrected chi connectivity index (χ4v) is 1.33. The summed E-state index contributed by atoms with van der Waals surface area (Å²) < 4.78 is 53.5. The zero-order chi connectivity index (χ0) is 16.9. The van der Waals surface area contributed by atoms with E-state index in [-0.39, 0.29) is 5.69 Å². The van der Waals surface area contributed by atoms with Crippen LogP contribution in [-0.2, 0) is 4.79 Å². The van der Waals surface area contributed by atoms with Gasteiger partial charge in [-0.3, -0.25) is 4.79 Å². The number of alkyl halides is 4. The van der Waals surface area contributed by atoms with Gasteiger partial charge in [0.1, 0.15) is 17.6 Å². The van der Waals surface area contributed by atoms with Gasteiger partial charge in [0.15, 0.2) is 5.57 Å². The van der Waals surface area contributed by atoms with Crippen LogP contribution >= 0.6 is 0 Å². The lowest BCUT2D eigenvalue weighted by molar-refractivity contribution is -0.253. The second kappa shape index (κ2) is 6.80. The molecule has 0 aliphatic heterocycles. The molecule has 9 heteroatoms. The topological polar surface area (TPSA) is 82.3 Å². The molecule has 0 unspecified atom stereocenters. The van der Waals surface area contributed by atoms with E-state index < -0.39 is 35.5 Å². The van der Waals surface area contributed by atoms with Crippen molar-refractivity contribution in [1.82, 2.24) is 0 Å². The average Bonchev–Trinajstić information content (AvgIpc) is 2.38. The number of carbonyl (C=O) groups excluding carboxylic acids is 1. The number of aliphatic hydroxyl groups excluding tert-OH is 1. The Balaban J connectivity index is 2.93. The smallest absolute Gasteiger partial charge is 0.461 e. The lowest BCUT2D eigenvalue weighted by Crippen LogP contribution is -2.33. The number of nitriles is 1. The van der Waals surface area contributed by atoms with Crippen LogP contribution in [0, 0.1) is 11.3 Å². The van der Waals surface area contributed by atoms with Crippen LogP contribution in [0.5, 0.6) is 5.75 Å². The van der Waals surface area contributed by atoms with E-state index in [4.69, 9.17) is 10.4 Å². The van der Waals surface area contributed by atoms with Gasteiger partial charge in [-0.2, -0.15) is 22.8 Å². The van der Waals surface area contributed by atoms with Crippen molar-refractivity contribution in [1.29, 1.82) is 5.26 Å². The number of nitrogens with zero attached hydrogens (tertiary/aromatic N) is 1. The summed E-state index contributed by atoms with van der Waals surface area (Å²) in [6, 6.07) is 5.75. The quantitative estimate of drug-likeness (QED) is 0.378. The molecule has 0 saturated heterocycles. The van der Waals surface area contributed by atoms with Gasteiger partial charge in [-0.15, -0.1) is 0 Å². The molecule has 0 bridgehead atoms. The van der Waals surface area contributed by atoms with Crippen LogP contribution in [-0.4, -0.2) is 23.5 Å². The number of aliphatic hydroxyl groups is 1. The van der Waals surface area contributed by atoms with Gasteiger partial charge in [0.2, 0.25) is 0 Å². The Hall–Kier alpha value is -2.76. The number of hydrogen-bond donors (Lipinski definition) is 2. The first-order valence-electron chi connectivity index (χ1n) is 5.73. The normalized spacial score (nSPS) is 12.4. The molecule has 22 heavy (non-hydrogen) atoms. The van der Waals surface area contributed by atoms with Gasteiger partial charge in [-0.1, -0.05) is 6.07 Å². The van der Waals surface area contributed by atoms with Crippen molar-refractivity contribution in [2.75, 3.05) is 5.32 Å². The molecule has 0 aromatic heterocycles. The molecular formula is C13H10F4N2O3. The molecule has 2 N–H and O–H groups in total. The molecule has 0 heterocycles. The number of benzene rings is 1. The van der Waals surface area contributed by atoms with Gasteiger partial charge in [0.05, 0.1) is 0 Å². The molecule has 0 fully saturated rings. The Morgan fingerprint density at radius 1 is 1.45 bits per heavy atom. The Bertz CT molecular complexity index is 634. The molecule has 0 radical (unpaired) electrons. The summed E-state index contributed by atoms with van der Waals surface area (Å²) in [6.45, 7) is 1.11. The van der Waals surface area contributed by atoms with Gasteiger partial charge in [0, 0.05) is 11.8 Å². The number of nitrogens with one attached hydrogen (secondary N) is 1. The molecule has 0 saturated carbocycles. The van der Waals surface area contributed by atoms with Gasteiger partial charge in [-0.25, -0.2) is 0 Å². The first-order valence-corrected chi connectivity index (χ1v) is 5.73. The zero-order valence-corrected chi connectivity index (χ0v) is 11.1. The lowest BCUT2D eigenvalue weighted by atomic mass is 10.2. The average molecular weight is 318 g/mol. The number of rotatable bonds is 5. The molecule has 1 rings (SSSR count). The molecule has 1 aromatic rings. The summed E-state index contributed by atoms with van der Waals surface area (Å²) >= 11 is 0. The number of halogens is 4. The van der Waals surface area contributed by atoms with E-state index in [1.54, 1.807) is 0 Å². The van der Waals surface area contributed by atoms with Crippen LogP contribution in [0.15, 0.2) is 35.6 Å². The van der Waals surface area contributed by atoms with E-state index in [0.29, 0.717) is 0 Å². The highest BCUT2D eigenvalue weighted by Gasteiger charge is 2.43. The minimum Gasteiger partial charge on any atom is -0.511 e. The Kier molecular flexibility index (Phi) is 5.34. The third-order valence-corrected chi connectivity index (χ3v) is 2.30. The standard InChI is InChI=1S/C13H10F4N2O3/c1-7(20)10(6-18)11(21)19-8-3-2-4-9(5-8)22-13(16,17)12(14)15/h2-5,12,20H,1H3,(H,19,21)/b10-7-. The fraction of sp³-hybridized carbons (Fsp3) is 0.231. The maximum absolute atomic E-state index is 12.8. The number of amides is 1. The Labute approximate surface area is 122 Å². The van der Waals surface area contributed by atoms with Crippen molar-refractivity contribution < 1.29 is 32.2 Å². The largest absolute Gasteiger partial charge is 0.511 e. The number of anilines is 1. The van der Waals surface area contributed by atoms with Crippen LogP contribution in [0.25, 0.3) is 0 Å². The minimum absolute atomic E-state index is 0.0819. The van der Waals surface area contributed by atoms with Crippen molar-refractivity contribution >= 4 is 11.6 Å². The molecule has 0 atom stereocenters. The van der Waals surface area contributed by atoms with E-state index in [1.165, 1.54) is 18.2 Å². The second-order valence-electron chi connectivity index (χ2n) is 4.02. The summed E-state index contributed by atoms with van der Waals surface area (Å²) in [5.41, 5.74) is -0.661. The molecule has 1 amide bonds. The lowest BCUT2D eigenvalue weighted by Gasteiger charge is -2.17. The van der Waals surface area contributed by atoms with Crippen LogP contribution in [0.3, 0.4) is 0 Å². The van der Waals surface area contributed by atoms with Gasteiger partial charge >= 0.3 is 12.5 Å². The molecular weight excluding hydrogens is 308 g/mol. The summed E-state index contributed by atoms with van der Waals surface area (Å²) in [7, 11) is 0. The van der Waals surface area contributed by atoms with Crippen molar-refractivity contribution in [3.8, 4) is 11.8 Å². The monoisotopic (exact) mass is 318 g/mol. The third-order valence-electron chi connectivity index (χ3n) is 2.30. The summed E-state index contributed by atoms with van der Waals surface area (Å²) in [6.07, 6.45) is -8.70. The van der Waals surface area contributed by atoms with Crippen molar-refractivity contribution in [3.63, 3.8) is 0 Å².